The van der Waals surface area contributed by atoms with E-state index in [4.69, 9.17) is 37.9 Å². The first kappa shape index (κ1) is 55.0. The number of rotatable bonds is 31. The largest absolute Gasteiger partial charge is 0.494 e. The number of esters is 5. The minimum Gasteiger partial charge on any atom is -0.494 e. The quantitative estimate of drug-likeness (QED) is 0.0150. The summed E-state index contributed by atoms with van der Waals surface area (Å²) >= 11 is 0. The zero-order valence-corrected chi connectivity index (χ0v) is 40.5. The Morgan fingerprint density at radius 2 is 1.10 bits per heavy atom. The molecule has 364 valence electrons. The Labute approximate surface area is 396 Å². The van der Waals surface area contributed by atoms with Crippen LogP contribution in [0.1, 0.15) is 134 Å². The van der Waals surface area contributed by atoms with Crippen molar-refractivity contribution < 1.29 is 61.9 Å². The van der Waals surface area contributed by atoms with Crippen LogP contribution in [0.5, 0.6) is 23.0 Å². The van der Waals surface area contributed by atoms with Gasteiger partial charge in [-0.1, -0.05) is 45.9 Å². The molecule has 3 aromatic rings. The smallest absolute Gasteiger partial charge is 0.343 e. The summed E-state index contributed by atoms with van der Waals surface area (Å²) in [4.78, 5) is 61.5. The van der Waals surface area contributed by atoms with Crippen molar-refractivity contribution in [3.63, 3.8) is 0 Å². The summed E-state index contributed by atoms with van der Waals surface area (Å²) in [6.45, 7) is 24.3. The minimum absolute atomic E-state index is 0.0476. The summed E-state index contributed by atoms with van der Waals surface area (Å²) in [6.07, 6.45) is 10.3. The standard InChI is InChI=1S/C54H70O13/c1-11-14-17-32-54(10,51(59)67-53(8,9)38-63-48(56)13-3)33-18-20-35-61-44-28-24-42(25-29-44)50(58)65-46-31-30-45(36-39(46)4)64-40(5)41-22-26-43(27-23-41)60-34-19-15-16-21-49(57)66-52(6,7)37-62-47(55)12-2/h12-13,22-31,36H,2-3,5,11,14-21,32-35,37-38H2,1,4,6-10H3/t54-/m1/s1. The molecule has 3 rings (SSSR count). The highest BCUT2D eigenvalue weighted by molar-refractivity contribution is 5.91. The summed E-state index contributed by atoms with van der Waals surface area (Å²) in [6, 6.07) is 19.3. The van der Waals surface area contributed by atoms with Crippen LogP contribution in [0.15, 0.2) is 98.6 Å². The first-order chi connectivity index (χ1) is 31.8. The summed E-state index contributed by atoms with van der Waals surface area (Å²) in [5.74, 6) is 0.335. The maximum Gasteiger partial charge on any atom is 0.343 e. The highest BCUT2D eigenvalue weighted by atomic mass is 16.6. The van der Waals surface area contributed by atoms with Gasteiger partial charge >= 0.3 is 29.8 Å². The van der Waals surface area contributed by atoms with Crippen molar-refractivity contribution in [2.75, 3.05) is 26.4 Å². The molecular weight excluding hydrogens is 857 g/mol. The lowest BCUT2D eigenvalue weighted by Gasteiger charge is -2.33. The van der Waals surface area contributed by atoms with Gasteiger partial charge in [-0.05, 0) is 159 Å². The number of hydrogen-bond acceptors (Lipinski definition) is 13. The third-order valence-corrected chi connectivity index (χ3v) is 10.6. The maximum absolute atomic E-state index is 13.4. The lowest BCUT2D eigenvalue weighted by atomic mass is 9.80. The number of carbonyl (C=O) groups is 5. The van der Waals surface area contributed by atoms with E-state index in [2.05, 4.69) is 26.7 Å². The van der Waals surface area contributed by atoms with E-state index in [1.54, 1.807) is 70.2 Å². The maximum atomic E-state index is 13.4. The van der Waals surface area contributed by atoms with Gasteiger partial charge in [0.15, 0.2) is 0 Å². The van der Waals surface area contributed by atoms with Gasteiger partial charge in [-0.15, -0.1) is 0 Å². The molecule has 0 aliphatic rings. The van der Waals surface area contributed by atoms with Crippen LogP contribution >= 0.6 is 0 Å². The van der Waals surface area contributed by atoms with Crippen LogP contribution in [0, 0.1) is 12.3 Å². The fraction of sp³-hybridized carbons (Fsp3) is 0.463. The van der Waals surface area contributed by atoms with Gasteiger partial charge in [0.25, 0.3) is 0 Å². The highest BCUT2D eigenvalue weighted by Gasteiger charge is 2.38. The molecule has 67 heavy (non-hydrogen) atoms. The van der Waals surface area contributed by atoms with Crippen LogP contribution in [-0.2, 0) is 38.1 Å². The normalized spacial score (nSPS) is 12.1. The molecule has 13 nitrogen and oxygen atoms in total. The molecule has 0 aromatic heterocycles. The minimum atomic E-state index is -0.979. The van der Waals surface area contributed by atoms with Gasteiger partial charge in [0, 0.05) is 24.1 Å². The summed E-state index contributed by atoms with van der Waals surface area (Å²) in [5.41, 5.74) is -0.772. The van der Waals surface area contributed by atoms with Crippen molar-refractivity contribution in [1.29, 1.82) is 0 Å². The molecule has 1 atom stereocenters. The Morgan fingerprint density at radius 3 is 1.64 bits per heavy atom. The van der Waals surface area contributed by atoms with Gasteiger partial charge in [0.05, 0.1) is 24.2 Å². The first-order valence-electron chi connectivity index (χ1n) is 23.0. The lowest BCUT2D eigenvalue weighted by molar-refractivity contribution is -0.177. The van der Waals surface area contributed by atoms with E-state index >= 15 is 0 Å². The van der Waals surface area contributed by atoms with Crippen LogP contribution in [0.2, 0.25) is 0 Å². The van der Waals surface area contributed by atoms with E-state index in [-0.39, 0.29) is 31.6 Å². The number of benzene rings is 3. The van der Waals surface area contributed by atoms with E-state index in [0.717, 1.165) is 56.2 Å². The summed E-state index contributed by atoms with van der Waals surface area (Å²) in [5, 5.41) is 0. The third-order valence-electron chi connectivity index (χ3n) is 10.6. The Kier molecular flexibility index (Phi) is 22.4. The van der Waals surface area contributed by atoms with E-state index in [0.29, 0.717) is 78.8 Å². The second-order valence-electron chi connectivity index (χ2n) is 17.9. The molecule has 0 aliphatic heterocycles. The summed E-state index contributed by atoms with van der Waals surface area (Å²) in [7, 11) is 0. The van der Waals surface area contributed by atoms with Gasteiger partial charge in [-0.3, -0.25) is 9.59 Å². The number of aryl methyl sites for hydroxylation is 1. The number of carbonyl (C=O) groups excluding carboxylic acids is 5. The molecule has 0 unspecified atom stereocenters. The molecule has 0 bridgehead atoms. The van der Waals surface area contributed by atoms with E-state index in [9.17, 15) is 24.0 Å². The molecule has 0 radical (unpaired) electrons. The lowest BCUT2D eigenvalue weighted by Crippen LogP contribution is -2.40. The second kappa shape index (κ2) is 27.3. The first-order valence-corrected chi connectivity index (χ1v) is 23.0. The van der Waals surface area contributed by atoms with Gasteiger partial charge in [-0.2, -0.15) is 0 Å². The number of hydrogen-bond donors (Lipinski definition) is 0. The SMILES string of the molecule is C=CC(=O)OCC(C)(C)OC(=O)CCCCCOc1ccc(C(=C)Oc2ccc(OC(=O)c3ccc(OCCCC[C@@](C)(CCCCC)C(=O)OC(C)(C)COC(=O)C=C)cc3)c(C)c2)cc1. The topological polar surface area (TPSA) is 159 Å². The number of unbranched alkanes of at least 4 members (excludes halogenated alkanes) is 5. The van der Waals surface area contributed by atoms with Crippen LogP contribution in [-0.4, -0.2) is 67.5 Å². The zero-order valence-electron chi connectivity index (χ0n) is 40.5. The highest BCUT2D eigenvalue weighted by Crippen LogP contribution is 2.35. The predicted molar refractivity (Wildman–Crippen MR) is 257 cm³/mol. The molecule has 0 fully saturated rings. The van der Waals surface area contributed by atoms with Gasteiger partial charge < -0.3 is 37.9 Å². The Morgan fingerprint density at radius 1 is 0.597 bits per heavy atom. The Bertz CT molecular complexity index is 2120. The van der Waals surface area contributed by atoms with Crippen molar-refractivity contribution in [3.05, 3.63) is 115 Å². The van der Waals surface area contributed by atoms with Crippen molar-refractivity contribution in [2.45, 2.75) is 130 Å². The molecule has 3 aromatic carbocycles. The molecule has 0 amide bonds. The molecular formula is C54H70O13. The number of ether oxygens (including phenoxy) is 8. The summed E-state index contributed by atoms with van der Waals surface area (Å²) < 4.78 is 45.0. The fourth-order valence-electron chi connectivity index (χ4n) is 6.62. The predicted octanol–water partition coefficient (Wildman–Crippen LogP) is 11.4. The Hall–Kier alpha value is -6.37. The van der Waals surface area contributed by atoms with Crippen molar-refractivity contribution in [1.82, 2.24) is 0 Å². The van der Waals surface area contributed by atoms with E-state index in [1.807, 2.05) is 38.1 Å². The monoisotopic (exact) mass is 926 g/mol. The van der Waals surface area contributed by atoms with Crippen molar-refractivity contribution in [3.8, 4) is 23.0 Å². The van der Waals surface area contributed by atoms with Gasteiger partial charge in [0.2, 0.25) is 0 Å². The van der Waals surface area contributed by atoms with E-state index < -0.39 is 34.5 Å². The van der Waals surface area contributed by atoms with Crippen LogP contribution in [0.4, 0.5) is 0 Å². The van der Waals surface area contributed by atoms with E-state index in [1.165, 1.54) is 0 Å². The van der Waals surface area contributed by atoms with Crippen molar-refractivity contribution in [2.24, 2.45) is 5.41 Å². The molecule has 0 aliphatic carbocycles. The van der Waals surface area contributed by atoms with Crippen LogP contribution < -0.4 is 18.9 Å². The second-order valence-corrected chi connectivity index (χ2v) is 17.9. The average Bonchev–Trinajstić information content (AvgIpc) is 3.29. The van der Waals surface area contributed by atoms with Gasteiger partial charge in [-0.25, -0.2) is 14.4 Å². The average molecular weight is 927 g/mol. The Balaban J connectivity index is 1.39. The molecule has 13 heteroatoms. The van der Waals surface area contributed by atoms with Gasteiger partial charge in [0.1, 0.15) is 53.2 Å². The van der Waals surface area contributed by atoms with Crippen molar-refractivity contribution >= 4 is 35.6 Å². The fourth-order valence-corrected chi connectivity index (χ4v) is 6.62. The van der Waals surface area contributed by atoms with Crippen LogP contribution in [0.25, 0.3) is 5.76 Å². The molecule has 0 N–H and O–H groups in total. The molecule has 0 saturated carbocycles. The van der Waals surface area contributed by atoms with Crippen LogP contribution in [0.3, 0.4) is 0 Å². The molecule has 0 saturated heterocycles. The third kappa shape index (κ3) is 20.4. The molecule has 0 heterocycles. The zero-order chi connectivity index (χ0) is 49.5. The molecule has 0 spiro atoms.